The number of hydrogen-bond donors (Lipinski definition) is 1. The summed E-state index contributed by atoms with van der Waals surface area (Å²) in [4.78, 5) is 23.7. The molecular formula is C20H34O3. The van der Waals surface area contributed by atoms with Crippen LogP contribution in [0.4, 0.5) is 0 Å². The van der Waals surface area contributed by atoms with Crippen LogP contribution in [-0.4, -0.2) is 17.4 Å². The van der Waals surface area contributed by atoms with E-state index in [9.17, 15) is 14.7 Å². The summed E-state index contributed by atoms with van der Waals surface area (Å²) in [5.74, 6) is -0.696. The van der Waals surface area contributed by atoms with E-state index in [0.29, 0.717) is 17.8 Å². The maximum Gasteiger partial charge on any atom is 0.307 e. The zero-order chi connectivity index (χ0) is 17.5. The molecule has 23 heavy (non-hydrogen) atoms. The molecule has 3 heteroatoms. The zero-order valence-corrected chi connectivity index (χ0v) is 15.5. The summed E-state index contributed by atoms with van der Waals surface area (Å²) < 4.78 is 0. The lowest BCUT2D eigenvalue weighted by molar-refractivity contribution is -0.161. The predicted octanol–water partition coefficient (Wildman–Crippen LogP) is 4.94. The number of carboxylic acids is 1. The van der Waals surface area contributed by atoms with Crippen molar-refractivity contribution in [1.82, 2.24) is 0 Å². The number of carbonyl (C=O) groups excluding carboxylic acids is 1. The molecule has 132 valence electrons. The molecule has 0 saturated heterocycles. The Hall–Kier alpha value is -0.860. The monoisotopic (exact) mass is 322 g/mol. The maximum absolute atomic E-state index is 12.0. The Morgan fingerprint density at radius 3 is 2.30 bits per heavy atom. The summed E-state index contributed by atoms with van der Waals surface area (Å²) in [7, 11) is 0. The van der Waals surface area contributed by atoms with Crippen LogP contribution in [0.25, 0.3) is 0 Å². The van der Waals surface area contributed by atoms with Gasteiger partial charge in [-0.05, 0) is 54.8 Å². The molecule has 2 aliphatic carbocycles. The van der Waals surface area contributed by atoms with Crippen LogP contribution in [0.1, 0.15) is 79.6 Å². The summed E-state index contributed by atoms with van der Waals surface area (Å²) in [6.07, 6.45) is 8.36. The summed E-state index contributed by atoms with van der Waals surface area (Å²) in [5, 5.41) is 9.60. The second-order valence-electron chi connectivity index (χ2n) is 9.42. The normalized spacial score (nSPS) is 43.8. The molecule has 2 rings (SSSR count). The molecular weight excluding hydrogens is 288 g/mol. The van der Waals surface area contributed by atoms with E-state index in [1.165, 1.54) is 25.7 Å². The minimum atomic E-state index is -0.800. The van der Waals surface area contributed by atoms with Crippen molar-refractivity contribution < 1.29 is 14.7 Å². The van der Waals surface area contributed by atoms with Gasteiger partial charge in [0.05, 0.1) is 5.92 Å². The van der Waals surface area contributed by atoms with Crippen molar-refractivity contribution in [2.24, 2.45) is 34.0 Å². The summed E-state index contributed by atoms with van der Waals surface area (Å²) in [6, 6.07) is 0. The second kappa shape index (κ2) is 6.22. The SMILES string of the molecule is CCC1C([C@@]2(C)CCCC(C)(C)C2)CCC(C(=O)O)C1(C)C=O. The highest BCUT2D eigenvalue weighted by Gasteiger charge is 2.55. The van der Waals surface area contributed by atoms with Gasteiger partial charge in [0.25, 0.3) is 0 Å². The Labute approximate surface area is 141 Å². The first kappa shape index (κ1) is 18.5. The first-order valence-electron chi connectivity index (χ1n) is 9.29. The Kier molecular flexibility index (Phi) is 4.99. The van der Waals surface area contributed by atoms with Crippen molar-refractivity contribution in [3.63, 3.8) is 0 Å². The van der Waals surface area contributed by atoms with Gasteiger partial charge in [-0.15, -0.1) is 0 Å². The Balaban J connectivity index is 2.36. The molecule has 2 aliphatic rings. The van der Waals surface area contributed by atoms with Gasteiger partial charge in [-0.25, -0.2) is 0 Å². The number of rotatable bonds is 4. The van der Waals surface area contributed by atoms with Crippen LogP contribution in [0.3, 0.4) is 0 Å². The highest BCUT2D eigenvalue weighted by atomic mass is 16.4. The zero-order valence-electron chi connectivity index (χ0n) is 15.5. The number of hydrogen-bond acceptors (Lipinski definition) is 2. The van der Waals surface area contributed by atoms with Gasteiger partial charge in [0.15, 0.2) is 0 Å². The van der Waals surface area contributed by atoms with Crippen molar-refractivity contribution in [1.29, 1.82) is 0 Å². The van der Waals surface area contributed by atoms with Gasteiger partial charge in [0.2, 0.25) is 0 Å². The van der Waals surface area contributed by atoms with Gasteiger partial charge in [-0.3, -0.25) is 4.79 Å². The molecule has 0 radical (unpaired) electrons. The van der Waals surface area contributed by atoms with Crippen molar-refractivity contribution in [2.45, 2.75) is 79.6 Å². The van der Waals surface area contributed by atoms with Gasteiger partial charge >= 0.3 is 5.97 Å². The molecule has 0 aromatic rings. The molecule has 0 heterocycles. The lowest BCUT2D eigenvalue weighted by atomic mass is 9.48. The molecule has 0 amide bonds. The van der Waals surface area contributed by atoms with Crippen LogP contribution in [0.15, 0.2) is 0 Å². The molecule has 2 saturated carbocycles. The molecule has 5 atom stereocenters. The van der Waals surface area contributed by atoms with Crippen LogP contribution >= 0.6 is 0 Å². The van der Waals surface area contributed by atoms with Crippen LogP contribution in [-0.2, 0) is 9.59 Å². The van der Waals surface area contributed by atoms with Crippen LogP contribution in [0, 0.1) is 34.0 Å². The van der Waals surface area contributed by atoms with Crippen molar-refractivity contribution in [3.8, 4) is 0 Å². The van der Waals surface area contributed by atoms with E-state index in [-0.39, 0.29) is 11.3 Å². The highest BCUT2D eigenvalue weighted by Crippen LogP contribution is 2.59. The Morgan fingerprint density at radius 1 is 1.17 bits per heavy atom. The van der Waals surface area contributed by atoms with E-state index in [1.54, 1.807) is 0 Å². The minimum absolute atomic E-state index is 0.175. The van der Waals surface area contributed by atoms with Crippen molar-refractivity contribution in [3.05, 3.63) is 0 Å². The fourth-order valence-corrected chi connectivity index (χ4v) is 6.23. The lowest BCUT2D eigenvalue weighted by Gasteiger charge is -2.56. The quantitative estimate of drug-likeness (QED) is 0.746. The average Bonchev–Trinajstić information content (AvgIpc) is 2.44. The lowest BCUT2D eigenvalue weighted by Crippen LogP contribution is -2.52. The van der Waals surface area contributed by atoms with E-state index in [4.69, 9.17) is 0 Å². The largest absolute Gasteiger partial charge is 0.481 e. The van der Waals surface area contributed by atoms with Gasteiger partial charge in [-0.1, -0.05) is 47.5 Å². The number of aldehydes is 1. The first-order valence-corrected chi connectivity index (χ1v) is 9.29. The van der Waals surface area contributed by atoms with Gasteiger partial charge in [0, 0.05) is 5.41 Å². The molecule has 4 unspecified atom stereocenters. The fourth-order valence-electron chi connectivity index (χ4n) is 6.23. The molecule has 1 N–H and O–H groups in total. The van der Waals surface area contributed by atoms with Crippen molar-refractivity contribution in [2.75, 3.05) is 0 Å². The summed E-state index contributed by atoms with van der Waals surface area (Å²) in [5.41, 5.74) is -0.142. The van der Waals surface area contributed by atoms with E-state index in [2.05, 4.69) is 27.7 Å². The van der Waals surface area contributed by atoms with E-state index < -0.39 is 17.3 Å². The Morgan fingerprint density at radius 2 is 1.83 bits per heavy atom. The average molecular weight is 322 g/mol. The topological polar surface area (TPSA) is 54.4 Å². The van der Waals surface area contributed by atoms with E-state index >= 15 is 0 Å². The van der Waals surface area contributed by atoms with Crippen LogP contribution in [0.5, 0.6) is 0 Å². The maximum atomic E-state index is 12.0. The van der Waals surface area contributed by atoms with Gasteiger partial charge < -0.3 is 9.90 Å². The van der Waals surface area contributed by atoms with E-state index in [0.717, 1.165) is 19.1 Å². The molecule has 0 aliphatic heterocycles. The molecule has 0 aromatic heterocycles. The molecule has 0 bridgehead atoms. The second-order valence-corrected chi connectivity index (χ2v) is 9.42. The van der Waals surface area contributed by atoms with Crippen LogP contribution < -0.4 is 0 Å². The third kappa shape index (κ3) is 3.21. The standard InChI is InChI=1S/C20H34O3/c1-6-14-15(19(4)11-7-10-18(2,3)12-19)8-9-16(17(22)23)20(14,5)13-21/h13-16H,6-12H2,1-5H3,(H,22,23)/t14?,15?,16?,19-,20?/m0/s1. The molecule has 0 spiro atoms. The first-order chi connectivity index (χ1) is 10.6. The van der Waals surface area contributed by atoms with Gasteiger partial charge in [0.1, 0.15) is 6.29 Å². The third-order valence-corrected chi connectivity index (χ3v) is 7.17. The minimum Gasteiger partial charge on any atom is -0.481 e. The fraction of sp³-hybridized carbons (Fsp3) is 0.900. The third-order valence-electron chi connectivity index (χ3n) is 7.17. The Bertz CT molecular complexity index is 470. The smallest absolute Gasteiger partial charge is 0.307 e. The van der Waals surface area contributed by atoms with Crippen LogP contribution in [0.2, 0.25) is 0 Å². The van der Waals surface area contributed by atoms with Crippen molar-refractivity contribution >= 4 is 12.3 Å². The number of carbonyl (C=O) groups is 2. The number of carboxylic acid groups (broad SMARTS) is 1. The highest BCUT2D eigenvalue weighted by molar-refractivity contribution is 5.77. The predicted molar refractivity (Wildman–Crippen MR) is 92.2 cm³/mol. The molecule has 3 nitrogen and oxygen atoms in total. The molecule has 0 aromatic carbocycles. The summed E-state index contributed by atoms with van der Waals surface area (Å²) >= 11 is 0. The summed E-state index contributed by atoms with van der Waals surface area (Å²) in [6.45, 7) is 11.1. The van der Waals surface area contributed by atoms with E-state index in [1.807, 2.05) is 6.92 Å². The van der Waals surface area contributed by atoms with Gasteiger partial charge in [-0.2, -0.15) is 0 Å². The molecule has 2 fully saturated rings. The number of aliphatic carboxylic acids is 1.